The first kappa shape index (κ1) is 17.7. The van der Waals surface area contributed by atoms with Crippen molar-refractivity contribution >= 4 is 22.5 Å². The fraction of sp³-hybridized carbons (Fsp3) is 0.318. The van der Waals surface area contributed by atoms with Crippen LogP contribution in [0.4, 0.5) is 0 Å². The van der Waals surface area contributed by atoms with E-state index in [1.807, 2.05) is 39.9 Å². The molecule has 1 aromatic carbocycles. The van der Waals surface area contributed by atoms with Crippen LogP contribution in [0.15, 0.2) is 61.1 Å². The van der Waals surface area contributed by atoms with Gasteiger partial charge in [0.2, 0.25) is 11.8 Å². The van der Waals surface area contributed by atoms with E-state index in [0.717, 1.165) is 37.1 Å². The number of piperidine rings is 1. The van der Waals surface area contributed by atoms with Gasteiger partial charge < -0.3 is 14.2 Å². The molecule has 29 heavy (non-hydrogen) atoms. The lowest BCUT2D eigenvalue weighted by Gasteiger charge is -2.32. The summed E-state index contributed by atoms with van der Waals surface area (Å²) in [5.41, 5.74) is 1.91. The first-order valence-electron chi connectivity index (χ1n) is 10.0. The molecule has 1 aliphatic rings. The molecule has 1 aliphatic heterocycles. The highest BCUT2D eigenvalue weighted by molar-refractivity contribution is 5.83. The molecule has 1 saturated heterocycles. The fourth-order valence-electron chi connectivity index (χ4n) is 3.95. The van der Waals surface area contributed by atoms with Crippen LogP contribution in [0.2, 0.25) is 0 Å². The first-order chi connectivity index (χ1) is 14.3. The summed E-state index contributed by atoms with van der Waals surface area (Å²) < 4.78 is 9.63. The van der Waals surface area contributed by atoms with Crippen molar-refractivity contribution in [2.24, 2.45) is 5.92 Å². The SMILES string of the molecule is O=C(Cn1ccc2ccccc21)N1CCC(COc2ccc3nccn3n2)CC1. The molecule has 0 radical (unpaired) electrons. The van der Waals surface area contributed by atoms with Gasteiger partial charge in [-0.05, 0) is 42.3 Å². The first-order valence-corrected chi connectivity index (χ1v) is 10.0. The molecular formula is C22H23N5O2. The Morgan fingerprint density at radius 2 is 1.93 bits per heavy atom. The molecule has 0 spiro atoms. The van der Waals surface area contributed by atoms with Crippen molar-refractivity contribution in [1.82, 2.24) is 24.1 Å². The van der Waals surface area contributed by atoms with Gasteiger partial charge in [0.15, 0.2) is 5.65 Å². The Bertz CT molecular complexity index is 1140. The number of imidazole rings is 1. The van der Waals surface area contributed by atoms with Crippen LogP contribution in [0.5, 0.6) is 5.88 Å². The molecule has 7 nitrogen and oxygen atoms in total. The summed E-state index contributed by atoms with van der Waals surface area (Å²) in [6.45, 7) is 2.57. The summed E-state index contributed by atoms with van der Waals surface area (Å²) in [6, 6.07) is 14.0. The second kappa shape index (κ2) is 7.58. The number of fused-ring (bicyclic) bond motifs is 2. The van der Waals surface area contributed by atoms with Crippen LogP contribution in [0.3, 0.4) is 0 Å². The Labute approximate surface area is 168 Å². The summed E-state index contributed by atoms with van der Waals surface area (Å²) in [5, 5.41) is 5.56. The molecule has 5 rings (SSSR count). The third kappa shape index (κ3) is 3.68. The monoisotopic (exact) mass is 389 g/mol. The summed E-state index contributed by atoms with van der Waals surface area (Å²) >= 11 is 0. The van der Waals surface area contributed by atoms with Crippen LogP contribution in [0.1, 0.15) is 12.8 Å². The smallest absolute Gasteiger partial charge is 0.242 e. The fourth-order valence-corrected chi connectivity index (χ4v) is 3.95. The number of hydrogen-bond acceptors (Lipinski definition) is 4. The number of ether oxygens (including phenoxy) is 1. The van der Waals surface area contributed by atoms with Crippen molar-refractivity contribution in [1.29, 1.82) is 0 Å². The predicted molar refractivity (Wildman–Crippen MR) is 110 cm³/mol. The maximum Gasteiger partial charge on any atom is 0.242 e. The van der Waals surface area contributed by atoms with Gasteiger partial charge in [-0.1, -0.05) is 18.2 Å². The Hall–Kier alpha value is -3.35. The Morgan fingerprint density at radius 1 is 1.07 bits per heavy atom. The molecule has 0 bridgehead atoms. The quantitative estimate of drug-likeness (QED) is 0.526. The lowest BCUT2D eigenvalue weighted by molar-refractivity contribution is -0.133. The van der Waals surface area contributed by atoms with Crippen LogP contribution in [0, 0.1) is 5.92 Å². The third-order valence-corrected chi connectivity index (χ3v) is 5.65. The molecule has 4 heterocycles. The van der Waals surface area contributed by atoms with Gasteiger partial charge in [-0.3, -0.25) is 4.79 Å². The number of carbonyl (C=O) groups is 1. The normalized spacial score (nSPS) is 15.2. The average Bonchev–Trinajstić information content (AvgIpc) is 3.39. The summed E-state index contributed by atoms with van der Waals surface area (Å²) in [7, 11) is 0. The van der Waals surface area contributed by atoms with E-state index in [1.165, 1.54) is 5.39 Å². The van der Waals surface area contributed by atoms with E-state index in [2.05, 4.69) is 28.3 Å². The number of hydrogen-bond donors (Lipinski definition) is 0. The number of amides is 1. The molecule has 3 aromatic heterocycles. The standard InChI is InChI=1S/C22H23N5O2/c28-22(15-26-13-9-18-3-1-2-4-19(18)26)25-11-7-17(8-12-25)16-29-21-6-5-20-23-10-14-27(20)24-21/h1-6,9-10,13-14,17H,7-8,11-12,15-16H2. The maximum absolute atomic E-state index is 12.7. The van der Waals surface area contributed by atoms with Crippen LogP contribution in [0.25, 0.3) is 16.6 Å². The number of para-hydroxylation sites is 1. The predicted octanol–water partition coefficient (Wildman–Crippen LogP) is 3.00. The molecule has 0 atom stereocenters. The molecule has 0 saturated carbocycles. The molecule has 1 fully saturated rings. The number of aromatic nitrogens is 4. The van der Waals surface area contributed by atoms with Gasteiger partial charge >= 0.3 is 0 Å². The highest BCUT2D eigenvalue weighted by Crippen LogP contribution is 2.20. The van der Waals surface area contributed by atoms with Gasteiger partial charge in [0.1, 0.15) is 6.54 Å². The van der Waals surface area contributed by atoms with E-state index in [4.69, 9.17) is 4.74 Å². The summed E-state index contributed by atoms with van der Waals surface area (Å²) in [6.07, 6.45) is 7.42. The number of benzene rings is 1. The molecule has 0 N–H and O–H groups in total. The highest BCUT2D eigenvalue weighted by Gasteiger charge is 2.23. The zero-order valence-corrected chi connectivity index (χ0v) is 16.1. The third-order valence-electron chi connectivity index (χ3n) is 5.65. The van der Waals surface area contributed by atoms with Crippen LogP contribution in [-0.4, -0.2) is 49.7 Å². The van der Waals surface area contributed by atoms with Gasteiger partial charge in [-0.15, -0.1) is 5.10 Å². The van der Waals surface area contributed by atoms with E-state index in [9.17, 15) is 4.79 Å². The van der Waals surface area contributed by atoms with E-state index >= 15 is 0 Å². The van der Waals surface area contributed by atoms with Crippen molar-refractivity contribution < 1.29 is 9.53 Å². The van der Waals surface area contributed by atoms with Gasteiger partial charge in [0.25, 0.3) is 0 Å². The Balaban J connectivity index is 1.13. The van der Waals surface area contributed by atoms with Crippen LogP contribution >= 0.6 is 0 Å². The lowest BCUT2D eigenvalue weighted by Crippen LogP contribution is -2.41. The maximum atomic E-state index is 12.7. The van der Waals surface area contributed by atoms with Crippen molar-refractivity contribution in [2.75, 3.05) is 19.7 Å². The number of rotatable bonds is 5. The molecular weight excluding hydrogens is 366 g/mol. The van der Waals surface area contributed by atoms with Gasteiger partial charge in [0.05, 0.1) is 6.61 Å². The Kier molecular flexibility index (Phi) is 4.63. The summed E-state index contributed by atoms with van der Waals surface area (Å²) in [5.74, 6) is 1.22. The highest BCUT2D eigenvalue weighted by atomic mass is 16.5. The zero-order chi connectivity index (χ0) is 19.6. The van der Waals surface area contributed by atoms with Gasteiger partial charge in [0, 0.05) is 43.3 Å². The largest absolute Gasteiger partial charge is 0.476 e. The molecule has 1 amide bonds. The van der Waals surface area contributed by atoms with Crippen LogP contribution in [-0.2, 0) is 11.3 Å². The number of nitrogens with zero attached hydrogens (tertiary/aromatic N) is 5. The molecule has 7 heteroatoms. The minimum Gasteiger partial charge on any atom is -0.476 e. The van der Waals surface area contributed by atoms with Gasteiger partial charge in [-0.25, -0.2) is 9.50 Å². The zero-order valence-electron chi connectivity index (χ0n) is 16.1. The molecule has 0 aliphatic carbocycles. The van der Waals surface area contributed by atoms with Crippen molar-refractivity contribution in [3.05, 3.63) is 61.1 Å². The van der Waals surface area contributed by atoms with Crippen molar-refractivity contribution in [2.45, 2.75) is 19.4 Å². The summed E-state index contributed by atoms with van der Waals surface area (Å²) in [4.78, 5) is 18.9. The van der Waals surface area contributed by atoms with Crippen molar-refractivity contribution in [3.63, 3.8) is 0 Å². The molecule has 148 valence electrons. The topological polar surface area (TPSA) is 64.7 Å². The van der Waals surface area contributed by atoms with Crippen molar-refractivity contribution in [3.8, 4) is 5.88 Å². The van der Waals surface area contributed by atoms with E-state index in [0.29, 0.717) is 24.9 Å². The second-order valence-electron chi connectivity index (χ2n) is 7.54. The van der Waals surface area contributed by atoms with Gasteiger partial charge in [-0.2, -0.15) is 0 Å². The van der Waals surface area contributed by atoms with Crippen LogP contribution < -0.4 is 4.74 Å². The Morgan fingerprint density at radius 3 is 2.83 bits per heavy atom. The minimum atomic E-state index is 0.179. The van der Waals surface area contributed by atoms with E-state index in [1.54, 1.807) is 16.9 Å². The molecule has 0 unspecified atom stereocenters. The minimum absolute atomic E-state index is 0.179. The molecule has 4 aromatic rings. The average molecular weight is 389 g/mol. The number of carbonyl (C=O) groups excluding carboxylic acids is 1. The number of likely N-dealkylation sites (tertiary alicyclic amines) is 1. The second-order valence-corrected chi connectivity index (χ2v) is 7.54. The van der Waals surface area contributed by atoms with E-state index in [-0.39, 0.29) is 5.91 Å². The lowest BCUT2D eigenvalue weighted by atomic mass is 9.98. The van der Waals surface area contributed by atoms with E-state index < -0.39 is 0 Å².